The summed E-state index contributed by atoms with van der Waals surface area (Å²) in [6.07, 6.45) is 9.91. The molecule has 4 fully saturated rings. The minimum absolute atomic E-state index is 0.0766. The van der Waals surface area contributed by atoms with Crippen LogP contribution in [0.5, 0.6) is 0 Å². The predicted octanol–water partition coefficient (Wildman–Crippen LogP) is 6.20. The molecule has 1 amide bonds. The molecule has 5 aliphatic rings. The van der Waals surface area contributed by atoms with Crippen molar-refractivity contribution < 1.29 is 33.8 Å². The molecule has 0 saturated heterocycles. The van der Waals surface area contributed by atoms with Crippen LogP contribution in [-0.4, -0.2) is 48.5 Å². The lowest BCUT2D eigenvalue weighted by molar-refractivity contribution is -0.181. The van der Waals surface area contributed by atoms with Gasteiger partial charge in [-0.1, -0.05) is 70.5 Å². The third-order valence-electron chi connectivity index (χ3n) is 14.3. The number of rotatable bonds is 7. The van der Waals surface area contributed by atoms with Gasteiger partial charge in [0, 0.05) is 11.8 Å². The highest BCUT2D eigenvalue weighted by Crippen LogP contribution is 2.71. The second-order valence-electron chi connectivity index (χ2n) is 17.1. The average Bonchev–Trinajstić information content (AvgIpc) is 3.05. The van der Waals surface area contributed by atoms with E-state index in [2.05, 4.69) is 39.9 Å². The number of carbonyl (C=O) groups excluding carboxylic acids is 4. The fourth-order valence-corrected chi connectivity index (χ4v) is 11.9. The smallest absolute Gasteiger partial charge is 0.330 e. The Kier molecular flexibility index (Phi) is 9.23. The van der Waals surface area contributed by atoms with E-state index in [4.69, 9.17) is 9.47 Å². The molecule has 0 spiro atoms. The topological polar surface area (TPSA) is 119 Å². The quantitative estimate of drug-likeness (QED) is 0.334. The molecule has 0 aromatic heterocycles. The highest BCUT2D eigenvalue weighted by Gasteiger charge is 2.67. The summed E-state index contributed by atoms with van der Waals surface area (Å²) in [6, 6.07) is 8.72. The van der Waals surface area contributed by atoms with E-state index in [0.717, 1.165) is 56.9 Å². The first-order valence-electron chi connectivity index (χ1n) is 18.1. The number of ketones is 1. The maximum Gasteiger partial charge on any atom is 0.330 e. The minimum atomic E-state index is -1.09. The Morgan fingerprint density at radius 2 is 1.60 bits per heavy atom. The second-order valence-corrected chi connectivity index (χ2v) is 17.1. The summed E-state index contributed by atoms with van der Waals surface area (Å²) < 4.78 is 10.6. The van der Waals surface area contributed by atoms with Crippen LogP contribution in [0, 0.1) is 57.2 Å². The molecular formula is C40H55NO7. The van der Waals surface area contributed by atoms with Gasteiger partial charge in [-0.25, -0.2) is 4.79 Å². The molecule has 6 rings (SSSR count). The first kappa shape index (κ1) is 34.8. The lowest BCUT2D eigenvalue weighted by Gasteiger charge is -2.67. The largest absolute Gasteiger partial charge is 0.467 e. The van der Waals surface area contributed by atoms with Gasteiger partial charge >= 0.3 is 11.9 Å². The summed E-state index contributed by atoms with van der Waals surface area (Å²) in [4.78, 5) is 53.7. The summed E-state index contributed by atoms with van der Waals surface area (Å²) in [5.41, 5.74) is 1.46. The predicted molar refractivity (Wildman–Crippen MR) is 181 cm³/mol. The Balaban J connectivity index is 1.23. The van der Waals surface area contributed by atoms with Crippen molar-refractivity contribution in [1.29, 1.82) is 0 Å². The van der Waals surface area contributed by atoms with Crippen LogP contribution in [0.3, 0.4) is 0 Å². The number of benzene rings is 1. The average molecular weight is 662 g/mol. The van der Waals surface area contributed by atoms with Gasteiger partial charge in [-0.05, 0) is 109 Å². The van der Waals surface area contributed by atoms with Crippen molar-refractivity contribution >= 4 is 23.6 Å². The van der Waals surface area contributed by atoms with Crippen LogP contribution in [0.1, 0.15) is 98.0 Å². The van der Waals surface area contributed by atoms with E-state index in [0.29, 0.717) is 12.3 Å². The van der Waals surface area contributed by atoms with Gasteiger partial charge in [-0.3, -0.25) is 14.4 Å². The molecule has 0 bridgehead atoms. The van der Waals surface area contributed by atoms with Crippen LogP contribution >= 0.6 is 0 Å². The van der Waals surface area contributed by atoms with Gasteiger partial charge in [0.25, 0.3) is 0 Å². The van der Waals surface area contributed by atoms with Gasteiger partial charge in [0.05, 0.1) is 19.6 Å². The Hall–Kier alpha value is -3.00. The molecule has 262 valence electrons. The molecule has 5 aliphatic carbocycles. The molecule has 8 heteroatoms. The zero-order chi connectivity index (χ0) is 34.6. The molecule has 10 atom stereocenters. The molecule has 2 N–H and O–H groups in total. The number of allylic oxidation sites excluding steroid dienone is 2. The van der Waals surface area contributed by atoms with E-state index >= 15 is 0 Å². The molecule has 1 aromatic carbocycles. The number of aliphatic hydroxyl groups is 1. The zero-order valence-electron chi connectivity index (χ0n) is 29.7. The number of methoxy groups -OCH3 is 1. The Bertz CT molecular complexity index is 1470. The lowest BCUT2D eigenvalue weighted by Crippen LogP contribution is -2.64. The summed E-state index contributed by atoms with van der Waals surface area (Å²) in [5, 5.41) is 12.5. The standard InChI is InChI=1S/C40H55NO7/c1-37(2)28(34(44)41-30(22-42)36(46)47-6)14-18-40(5)32(37)15-19-39(4)27-13-17-38(3)16-12-25(20-29(38)26(27)21-31(43)33(39)40)35(45)48-23-24-10-8-7-9-11-24/h7-11,21,25,27-30,32-33,42H,12-20,22-23H2,1-6H3,(H,41,44). The van der Waals surface area contributed by atoms with E-state index < -0.39 is 24.0 Å². The van der Waals surface area contributed by atoms with Crippen LogP contribution in [0.15, 0.2) is 42.0 Å². The number of carbonyl (C=O) groups is 4. The number of esters is 2. The zero-order valence-corrected chi connectivity index (χ0v) is 29.7. The molecule has 4 saturated carbocycles. The number of amides is 1. The normalized spacial score (nSPS) is 38.9. The van der Waals surface area contributed by atoms with Gasteiger partial charge in [-0.2, -0.15) is 0 Å². The highest BCUT2D eigenvalue weighted by molar-refractivity contribution is 5.95. The number of nitrogens with one attached hydrogen (secondary N) is 1. The van der Waals surface area contributed by atoms with Crippen LogP contribution in [0.2, 0.25) is 0 Å². The molecule has 48 heavy (non-hydrogen) atoms. The van der Waals surface area contributed by atoms with Crippen LogP contribution in [0.4, 0.5) is 0 Å². The van der Waals surface area contributed by atoms with Gasteiger partial charge in [-0.15, -0.1) is 0 Å². The van der Waals surface area contributed by atoms with Crippen molar-refractivity contribution in [2.24, 2.45) is 57.2 Å². The summed E-state index contributed by atoms with van der Waals surface area (Å²) in [6.45, 7) is 11.1. The maximum atomic E-state index is 14.6. The highest BCUT2D eigenvalue weighted by atomic mass is 16.5. The van der Waals surface area contributed by atoms with E-state index in [1.165, 1.54) is 12.7 Å². The Morgan fingerprint density at radius 3 is 2.29 bits per heavy atom. The van der Waals surface area contributed by atoms with Crippen LogP contribution in [0.25, 0.3) is 0 Å². The minimum Gasteiger partial charge on any atom is -0.467 e. The van der Waals surface area contributed by atoms with E-state index in [1.807, 2.05) is 36.4 Å². The maximum absolute atomic E-state index is 14.6. The molecule has 10 unspecified atom stereocenters. The van der Waals surface area contributed by atoms with Gasteiger partial charge in [0.1, 0.15) is 6.61 Å². The first-order valence-corrected chi connectivity index (χ1v) is 18.1. The van der Waals surface area contributed by atoms with Gasteiger partial charge in [0.2, 0.25) is 5.91 Å². The number of aliphatic hydroxyl groups excluding tert-OH is 1. The number of hydrogen-bond donors (Lipinski definition) is 2. The molecule has 0 heterocycles. The van der Waals surface area contributed by atoms with Crippen LogP contribution < -0.4 is 5.32 Å². The lowest BCUT2D eigenvalue weighted by atomic mass is 9.36. The Morgan fingerprint density at radius 1 is 0.917 bits per heavy atom. The van der Waals surface area contributed by atoms with E-state index in [9.17, 15) is 24.3 Å². The SMILES string of the molecule is COC(=O)C(CO)NC(=O)C1CCC2(C)C(CCC3(C)C4CCC5(C)CCC(C(=O)OCc6ccccc6)CC5C4=CC(=O)C32)C1(C)C. The molecule has 0 aliphatic heterocycles. The van der Waals surface area contributed by atoms with Crippen LogP contribution in [-0.2, 0) is 35.3 Å². The van der Waals surface area contributed by atoms with Crippen molar-refractivity contribution in [2.45, 2.75) is 105 Å². The fraction of sp³-hybridized carbons (Fsp3) is 0.700. The second kappa shape index (κ2) is 12.7. The van der Waals surface area contributed by atoms with Crippen molar-refractivity contribution in [3.63, 3.8) is 0 Å². The van der Waals surface area contributed by atoms with Crippen molar-refractivity contribution in [1.82, 2.24) is 5.32 Å². The number of hydrogen-bond acceptors (Lipinski definition) is 7. The monoisotopic (exact) mass is 661 g/mol. The van der Waals surface area contributed by atoms with Gasteiger partial charge < -0.3 is 19.9 Å². The first-order chi connectivity index (χ1) is 22.7. The van der Waals surface area contributed by atoms with Crippen molar-refractivity contribution in [3.8, 4) is 0 Å². The third-order valence-corrected chi connectivity index (χ3v) is 14.3. The molecule has 8 nitrogen and oxygen atoms in total. The third kappa shape index (κ3) is 5.64. The molecular weight excluding hydrogens is 606 g/mol. The number of fused-ring (bicyclic) bond motifs is 7. The van der Waals surface area contributed by atoms with Crippen molar-refractivity contribution in [2.75, 3.05) is 13.7 Å². The van der Waals surface area contributed by atoms with Gasteiger partial charge in [0.15, 0.2) is 11.8 Å². The van der Waals surface area contributed by atoms with E-state index in [1.54, 1.807) is 0 Å². The summed E-state index contributed by atoms with van der Waals surface area (Å²) >= 11 is 0. The Labute approximate surface area is 285 Å². The molecule has 1 aromatic rings. The van der Waals surface area contributed by atoms with Crippen molar-refractivity contribution in [3.05, 3.63) is 47.5 Å². The van der Waals surface area contributed by atoms with E-state index in [-0.39, 0.29) is 70.1 Å². The summed E-state index contributed by atoms with van der Waals surface area (Å²) in [7, 11) is 1.24. The molecule has 0 radical (unpaired) electrons. The fourth-order valence-electron chi connectivity index (χ4n) is 11.9. The summed E-state index contributed by atoms with van der Waals surface area (Å²) in [5.74, 6) is -0.817. The number of ether oxygens (including phenoxy) is 2.